The Labute approximate surface area is 130 Å². The van der Waals surface area contributed by atoms with Crippen molar-refractivity contribution < 1.29 is 9.47 Å². The SMILES string of the molecule is CCn1c(CCN)nc2cc3c(cc21)OCCO3.Cl.Cl. The number of hydrogen-bond acceptors (Lipinski definition) is 4. The van der Waals surface area contributed by atoms with E-state index in [2.05, 4.69) is 16.5 Å². The van der Waals surface area contributed by atoms with Crippen LogP contribution in [0.4, 0.5) is 0 Å². The minimum absolute atomic E-state index is 0. The van der Waals surface area contributed by atoms with E-state index in [0.29, 0.717) is 19.8 Å². The van der Waals surface area contributed by atoms with Crippen LogP contribution in [0.1, 0.15) is 12.7 Å². The zero-order chi connectivity index (χ0) is 12.5. The Morgan fingerprint density at radius 3 is 2.45 bits per heavy atom. The van der Waals surface area contributed by atoms with Gasteiger partial charge >= 0.3 is 0 Å². The van der Waals surface area contributed by atoms with Crippen LogP contribution < -0.4 is 15.2 Å². The number of hydrogen-bond donors (Lipinski definition) is 1. The Balaban J connectivity index is 0.000001000. The molecule has 2 heterocycles. The van der Waals surface area contributed by atoms with E-state index in [1.807, 2.05) is 12.1 Å². The Hall–Kier alpha value is -1.17. The third kappa shape index (κ3) is 2.80. The lowest BCUT2D eigenvalue weighted by atomic mass is 10.2. The van der Waals surface area contributed by atoms with E-state index < -0.39 is 0 Å². The molecule has 5 nitrogen and oxygen atoms in total. The second-order valence-electron chi connectivity index (χ2n) is 4.30. The maximum atomic E-state index is 5.63. The topological polar surface area (TPSA) is 62.3 Å². The molecule has 7 heteroatoms. The third-order valence-corrected chi connectivity index (χ3v) is 3.18. The molecule has 0 unspecified atom stereocenters. The van der Waals surface area contributed by atoms with E-state index in [4.69, 9.17) is 15.2 Å². The molecule has 1 aromatic heterocycles. The zero-order valence-corrected chi connectivity index (χ0v) is 12.9. The first kappa shape index (κ1) is 16.9. The average molecular weight is 320 g/mol. The highest BCUT2D eigenvalue weighted by molar-refractivity contribution is 5.85. The standard InChI is InChI=1S/C13H17N3O2.2ClH/c1-2-16-10-8-12-11(17-5-6-18-12)7-9(10)15-13(16)3-4-14;;/h7-8H,2-6,14H2,1H3;2*1H. The number of benzene rings is 1. The summed E-state index contributed by atoms with van der Waals surface area (Å²) in [5.74, 6) is 2.62. The Kier molecular flexibility index (Phi) is 5.92. The largest absolute Gasteiger partial charge is 0.486 e. The van der Waals surface area contributed by atoms with Gasteiger partial charge in [0, 0.05) is 25.1 Å². The van der Waals surface area contributed by atoms with Crippen LogP contribution >= 0.6 is 24.8 Å². The molecule has 0 atom stereocenters. The van der Waals surface area contributed by atoms with Gasteiger partial charge in [-0.25, -0.2) is 4.98 Å². The number of ether oxygens (including phenoxy) is 2. The van der Waals surface area contributed by atoms with E-state index in [-0.39, 0.29) is 24.8 Å². The summed E-state index contributed by atoms with van der Waals surface area (Å²) >= 11 is 0. The summed E-state index contributed by atoms with van der Waals surface area (Å²) in [7, 11) is 0. The van der Waals surface area contributed by atoms with E-state index in [1.165, 1.54) is 0 Å². The van der Waals surface area contributed by atoms with Gasteiger partial charge in [-0.15, -0.1) is 24.8 Å². The predicted molar refractivity (Wildman–Crippen MR) is 83.7 cm³/mol. The minimum atomic E-state index is 0. The Morgan fingerprint density at radius 2 is 1.85 bits per heavy atom. The molecule has 0 amide bonds. The van der Waals surface area contributed by atoms with Gasteiger partial charge in [0.2, 0.25) is 0 Å². The van der Waals surface area contributed by atoms with Crippen LogP contribution in [-0.4, -0.2) is 29.3 Å². The summed E-state index contributed by atoms with van der Waals surface area (Å²) in [5, 5.41) is 0. The molecule has 112 valence electrons. The van der Waals surface area contributed by atoms with Crippen molar-refractivity contribution in [3.63, 3.8) is 0 Å². The summed E-state index contributed by atoms with van der Waals surface area (Å²) < 4.78 is 13.4. The van der Waals surface area contributed by atoms with Crippen molar-refractivity contribution in [2.75, 3.05) is 19.8 Å². The summed E-state index contributed by atoms with van der Waals surface area (Å²) in [4.78, 5) is 4.63. The van der Waals surface area contributed by atoms with Gasteiger partial charge in [-0.3, -0.25) is 0 Å². The first-order chi connectivity index (χ1) is 8.83. The monoisotopic (exact) mass is 319 g/mol. The van der Waals surface area contributed by atoms with Crippen LogP contribution in [0.3, 0.4) is 0 Å². The molecular weight excluding hydrogens is 301 g/mol. The number of halogens is 2. The molecule has 0 aliphatic carbocycles. The lowest BCUT2D eigenvalue weighted by molar-refractivity contribution is 0.172. The fraction of sp³-hybridized carbons (Fsp3) is 0.462. The molecule has 20 heavy (non-hydrogen) atoms. The van der Waals surface area contributed by atoms with Gasteiger partial charge in [0.15, 0.2) is 11.5 Å². The molecule has 0 fully saturated rings. The van der Waals surface area contributed by atoms with Crippen LogP contribution in [-0.2, 0) is 13.0 Å². The van der Waals surface area contributed by atoms with Gasteiger partial charge in [0.1, 0.15) is 19.0 Å². The van der Waals surface area contributed by atoms with Crippen LogP contribution in [0.25, 0.3) is 11.0 Å². The molecule has 1 aliphatic heterocycles. The van der Waals surface area contributed by atoms with Crippen LogP contribution in [0.2, 0.25) is 0 Å². The lowest BCUT2D eigenvalue weighted by Gasteiger charge is -2.18. The molecule has 2 aromatic rings. The number of rotatable bonds is 3. The molecule has 0 spiro atoms. The number of nitrogens with two attached hydrogens (primary N) is 1. The van der Waals surface area contributed by atoms with Crippen LogP contribution in [0.5, 0.6) is 11.5 Å². The van der Waals surface area contributed by atoms with Crippen molar-refractivity contribution in [3.8, 4) is 11.5 Å². The van der Waals surface area contributed by atoms with Gasteiger partial charge in [-0.1, -0.05) is 0 Å². The van der Waals surface area contributed by atoms with Crippen molar-refractivity contribution in [2.24, 2.45) is 5.73 Å². The highest BCUT2D eigenvalue weighted by atomic mass is 35.5. The van der Waals surface area contributed by atoms with Crippen molar-refractivity contribution in [1.29, 1.82) is 0 Å². The van der Waals surface area contributed by atoms with E-state index >= 15 is 0 Å². The van der Waals surface area contributed by atoms with Gasteiger partial charge < -0.3 is 19.8 Å². The third-order valence-electron chi connectivity index (χ3n) is 3.18. The highest BCUT2D eigenvalue weighted by Gasteiger charge is 2.17. The summed E-state index contributed by atoms with van der Waals surface area (Å²) in [6.45, 7) is 4.80. The maximum absolute atomic E-state index is 5.63. The van der Waals surface area contributed by atoms with Crippen molar-refractivity contribution in [3.05, 3.63) is 18.0 Å². The van der Waals surface area contributed by atoms with Crippen molar-refractivity contribution >= 4 is 35.8 Å². The average Bonchev–Trinajstić information content (AvgIpc) is 2.72. The minimum Gasteiger partial charge on any atom is -0.486 e. The lowest BCUT2D eigenvalue weighted by Crippen LogP contribution is -2.15. The first-order valence-electron chi connectivity index (χ1n) is 6.32. The first-order valence-corrected chi connectivity index (χ1v) is 6.32. The van der Waals surface area contributed by atoms with Crippen molar-refractivity contribution in [2.45, 2.75) is 19.9 Å². The zero-order valence-electron chi connectivity index (χ0n) is 11.3. The molecule has 1 aromatic carbocycles. The molecule has 0 radical (unpaired) electrons. The fourth-order valence-corrected chi connectivity index (χ4v) is 2.38. The normalized spacial score (nSPS) is 12.7. The molecule has 0 saturated carbocycles. The molecular formula is C13H19Cl2N3O2. The number of aryl methyl sites for hydroxylation is 1. The van der Waals surface area contributed by atoms with Gasteiger partial charge in [-0.2, -0.15) is 0 Å². The molecule has 1 aliphatic rings. The fourth-order valence-electron chi connectivity index (χ4n) is 2.38. The Bertz CT molecular complexity index is 586. The molecule has 3 rings (SSSR count). The van der Waals surface area contributed by atoms with E-state index in [1.54, 1.807) is 0 Å². The van der Waals surface area contributed by atoms with Gasteiger partial charge in [0.05, 0.1) is 11.0 Å². The number of imidazole rings is 1. The van der Waals surface area contributed by atoms with Crippen molar-refractivity contribution in [1.82, 2.24) is 9.55 Å². The maximum Gasteiger partial charge on any atom is 0.163 e. The van der Waals surface area contributed by atoms with E-state index in [9.17, 15) is 0 Å². The second kappa shape index (κ2) is 7.02. The second-order valence-corrected chi connectivity index (χ2v) is 4.30. The van der Waals surface area contributed by atoms with Crippen LogP contribution in [0, 0.1) is 0 Å². The predicted octanol–water partition coefficient (Wildman–Crippen LogP) is 2.17. The summed E-state index contributed by atoms with van der Waals surface area (Å²) in [6, 6.07) is 3.97. The highest BCUT2D eigenvalue weighted by Crippen LogP contribution is 2.34. The molecule has 0 saturated heterocycles. The summed E-state index contributed by atoms with van der Waals surface area (Å²) in [6.07, 6.45) is 0.787. The van der Waals surface area contributed by atoms with Crippen LogP contribution in [0.15, 0.2) is 12.1 Å². The molecule has 2 N–H and O–H groups in total. The van der Waals surface area contributed by atoms with Gasteiger partial charge in [-0.05, 0) is 13.5 Å². The quantitative estimate of drug-likeness (QED) is 0.941. The molecule has 0 bridgehead atoms. The number of aromatic nitrogens is 2. The number of fused-ring (bicyclic) bond motifs is 2. The summed E-state index contributed by atoms with van der Waals surface area (Å²) in [5.41, 5.74) is 7.66. The van der Waals surface area contributed by atoms with E-state index in [0.717, 1.165) is 41.3 Å². The number of nitrogens with zero attached hydrogens (tertiary/aromatic N) is 2. The Morgan fingerprint density at radius 1 is 1.20 bits per heavy atom. The smallest absolute Gasteiger partial charge is 0.163 e. The van der Waals surface area contributed by atoms with Gasteiger partial charge in [0.25, 0.3) is 0 Å².